The Kier molecular flexibility index (Phi) is 7.73. The van der Waals surface area contributed by atoms with E-state index in [2.05, 4.69) is 5.32 Å². The number of benzene rings is 3. The van der Waals surface area contributed by atoms with E-state index in [9.17, 15) is 13.5 Å². The molecule has 0 bridgehead atoms. The van der Waals surface area contributed by atoms with E-state index in [1.54, 1.807) is 42.5 Å². The molecule has 0 saturated heterocycles. The van der Waals surface area contributed by atoms with Crippen LogP contribution < -0.4 is 10.2 Å². The van der Waals surface area contributed by atoms with Crippen molar-refractivity contribution in [1.29, 1.82) is 0 Å². The lowest BCUT2D eigenvalue weighted by molar-refractivity contribution is 0.175. The van der Waals surface area contributed by atoms with E-state index in [1.807, 2.05) is 49.3 Å². The Labute approximate surface area is 189 Å². The van der Waals surface area contributed by atoms with E-state index in [-0.39, 0.29) is 9.79 Å². The second kappa shape index (κ2) is 10.3. The van der Waals surface area contributed by atoms with Crippen molar-refractivity contribution in [3.05, 3.63) is 88.9 Å². The normalized spacial score (nSPS) is 12.5. The molecule has 3 aromatic rings. The number of hydrogen-bond donors (Lipinski definition) is 2. The molecule has 0 saturated carbocycles. The van der Waals surface area contributed by atoms with E-state index in [0.29, 0.717) is 18.1 Å². The molecule has 0 spiro atoms. The number of nitrogens with zero attached hydrogens (tertiary/aromatic N) is 1. The fourth-order valence-corrected chi connectivity index (χ4v) is 4.70. The molecular formula is C24H27ClN2O3S. The average molecular weight is 459 g/mol. The van der Waals surface area contributed by atoms with Crippen LogP contribution in [-0.4, -0.2) is 40.7 Å². The maximum atomic E-state index is 12.9. The van der Waals surface area contributed by atoms with Crippen molar-refractivity contribution in [2.75, 3.05) is 32.1 Å². The van der Waals surface area contributed by atoms with Crippen molar-refractivity contribution in [2.24, 2.45) is 0 Å². The quantitative estimate of drug-likeness (QED) is 0.472. The molecule has 31 heavy (non-hydrogen) atoms. The number of hydrogen-bond acceptors (Lipinski definition) is 5. The standard InChI is InChI=1S/C24H27ClN2O3S/c1-27(2)21-7-4-8-23(16-21)31(29,30)22-11-9-18(10-12-22)13-14-26-17-24(28)19-5-3-6-20(25)15-19/h3-12,15-16,24,26,28H,13-14,17H2,1-2H3/t24-/m0/s1. The van der Waals surface area contributed by atoms with Crippen LogP contribution in [0.15, 0.2) is 82.6 Å². The molecule has 7 heteroatoms. The van der Waals surface area contributed by atoms with E-state index < -0.39 is 15.9 Å². The average Bonchev–Trinajstić information content (AvgIpc) is 2.77. The SMILES string of the molecule is CN(C)c1cccc(S(=O)(=O)c2ccc(CCNC[C@H](O)c3cccc(Cl)c3)cc2)c1. The van der Waals surface area contributed by atoms with Crippen LogP contribution in [0.25, 0.3) is 0 Å². The minimum atomic E-state index is -3.57. The zero-order chi connectivity index (χ0) is 22.4. The monoisotopic (exact) mass is 458 g/mol. The predicted octanol–water partition coefficient (Wildman–Crippen LogP) is 4.10. The summed E-state index contributed by atoms with van der Waals surface area (Å²) in [6, 6.07) is 21.0. The van der Waals surface area contributed by atoms with Gasteiger partial charge in [0.15, 0.2) is 0 Å². The van der Waals surface area contributed by atoms with Crippen LogP contribution in [0.2, 0.25) is 5.02 Å². The lowest BCUT2D eigenvalue weighted by Gasteiger charge is -2.14. The zero-order valence-corrected chi connectivity index (χ0v) is 19.2. The second-order valence-corrected chi connectivity index (χ2v) is 9.95. The van der Waals surface area contributed by atoms with Crippen LogP contribution in [0.3, 0.4) is 0 Å². The first-order valence-electron chi connectivity index (χ1n) is 10.0. The van der Waals surface area contributed by atoms with Gasteiger partial charge in [0.05, 0.1) is 15.9 Å². The summed E-state index contributed by atoms with van der Waals surface area (Å²) in [7, 11) is 0.187. The molecular weight excluding hydrogens is 432 g/mol. The number of nitrogens with one attached hydrogen (secondary N) is 1. The topological polar surface area (TPSA) is 69.6 Å². The van der Waals surface area contributed by atoms with Crippen molar-refractivity contribution in [3.63, 3.8) is 0 Å². The summed E-state index contributed by atoms with van der Waals surface area (Å²) in [5.41, 5.74) is 2.63. The van der Waals surface area contributed by atoms with Gasteiger partial charge < -0.3 is 15.3 Å². The molecule has 0 unspecified atom stereocenters. The fraction of sp³-hybridized carbons (Fsp3) is 0.250. The number of sulfone groups is 1. The number of halogens is 1. The summed E-state index contributed by atoms with van der Waals surface area (Å²) in [6.45, 7) is 1.07. The Balaban J connectivity index is 1.57. The Morgan fingerprint density at radius 2 is 1.68 bits per heavy atom. The van der Waals surface area contributed by atoms with Gasteiger partial charge in [-0.2, -0.15) is 0 Å². The van der Waals surface area contributed by atoms with Crippen molar-refractivity contribution >= 4 is 27.1 Å². The summed E-state index contributed by atoms with van der Waals surface area (Å²) < 4.78 is 25.9. The minimum absolute atomic E-state index is 0.275. The Morgan fingerprint density at radius 3 is 2.35 bits per heavy atom. The second-order valence-electron chi connectivity index (χ2n) is 7.56. The van der Waals surface area contributed by atoms with Crippen molar-refractivity contribution in [1.82, 2.24) is 5.32 Å². The lowest BCUT2D eigenvalue weighted by atomic mass is 10.1. The number of anilines is 1. The van der Waals surface area contributed by atoms with Gasteiger partial charge >= 0.3 is 0 Å². The molecule has 5 nitrogen and oxygen atoms in total. The van der Waals surface area contributed by atoms with Crippen molar-refractivity contribution < 1.29 is 13.5 Å². The van der Waals surface area contributed by atoms with E-state index in [0.717, 1.165) is 23.2 Å². The van der Waals surface area contributed by atoms with Gasteiger partial charge in [0.25, 0.3) is 0 Å². The third kappa shape index (κ3) is 6.08. The first-order valence-corrected chi connectivity index (χ1v) is 11.9. The predicted molar refractivity (Wildman–Crippen MR) is 126 cm³/mol. The first kappa shape index (κ1) is 23.3. The van der Waals surface area contributed by atoms with Gasteiger partial charge in [-0.05, 0) is 66.6 Å². The Hall–Kier alpha value is -2.38. The lowest BCUT2D eigenvalue weighted by Crippen LogP contribution is -2.23. The molecule has 0 aliphatic heterocycles. The van der Waals surface area contributed by atoms with Crippen molar-refractivity contribution in [3.8, 4) is 0 Å². The molecule has 164 valence electrons. The van der Waals surface area contributed by atoms with Crippen LogP contribution >= 0.6 is 11.6 Å². The molecule has 3 rings (SSSR count). The van der Waals surface area contributed by atoms with Gasteiger partial charge in [0.2, 0.25) is 9.84 Å². The zero-order valence-electron chi connectivity index (χ0n) is 17.6. The van der Waals surface area contributed by atoms with Gasteiger partial charge in [0.1, 0.15) is 0 Å². The van der Waals surface area contributed by atoms with Gasteiger partial charge in [-0.1, -0.05) is 41.9 Å². The molecule has 0 fully saturated rings. The Morgan fingerprint density at radius 1 is 0.968 bits per heavy atom. The molecule has 2 N–H and O–H groups in total. The minimum Gasteiger partial charge on any atom is -0.387 e. The molecule has 0 amide bonds. The smallest absolute Gasteiger partial charge is 0.206 e. The highest BCUT2D eigenvalue weighted by atomic mass is 35.5. The summed E-state index contributed by atoms with van der Waals surface area (Å²) in [6.07, 6.45) is 0.0859. The highest BCUT2D eigenvalue weighted by molar-refractivity contribution is 7.91. The fourth-order valence-electron chi connectivity index (χ4n) is 3.20. The van der Waals surface area contributed by atoms with Gasteiger partial charge in [-0.3, -0.25) is 0 Å². The van der Waals surface area contributed by atoms with E-state index >= 15 is 0 Å². The third-order valence-electron chi connectivity index (χ3n) is 5.04. The summed E-state index contributed by atoms with van der Waals surface area (Å²) in [5, 5.41) is 14.1. The highest BCUT2D eigenvalue weighted by Gasteiger charge is 2.18. The molecule has 0 radical (unpaired) electrons. The van der Waals surface area contributed by atoms with Crippen LogP contribution in [0.4, 0.5) is 5.69 Å². The van der Waals surface area contributed by atoms with Crippen LogP contribution in [-0.2, 0) is 16.3 Å². The van der Waals surface area contributed by atoms with Crippen LogP contribution in [0.5, 0.6) is 0 Å². The summed E-state index contributed by atoms with van der Waals surface area (Å²) in [4.78, 5) is 2.43. The maximum Gasteiger partial charge on any atom is 0.206 e. The highest BCUT2D eigenvalue weighted by Crippen LogP contribution is 2.24. The molecule has 0 heterocycles. The molecule has 1 atom stereocenters. The first-order chi connectivity index (χ1) is 14.8. The maximum absolute atomic E-state index is 12.9. The van der Waals surface area contributed by atoms with Gasteiger partial charge in [0, 0.05) is 31.4 Å². The largest absolute Gasteiger partial charge is 0.387 e. The van der Waals surface area contributed by atoms with Crippen molar-refractivity contribution in [2.45, 2.75) is 22.3 Å². The molecule has 3 aromatic carbocycles. The number of rotatable bonds is 9. The number of aliphatic hydroxyl groups excluding tert-OH is 1. The van der Waals surface area contributed by atoms with E-state index in [1.165, 1.54) is 0 Å². The van der Waals surface area contributed by atoms with Crippen LogP contribution in [0.1, 0.15) is 17.2 Å². The molecule has 0 aliphatic rings. The molecule has 0 aromatic heterocycles. The summed E-state index contributed by atoms with van der Waals surface area (Å²) >= 11 is 5.96. The number of aliphatic hydroxyl groups is 1. The van der Waals surface area contributed by atoms with E-state index in [4.69, 9.17) is 11.6 Å². The van der Waals surface area contributed by atoms with Gasteiger partial charge in [-0.15, -0.1) is 0 Å². The Bertz CT molecular complexity index is 1120. The molecule has 0 aliphatic carbocycles. The summed E-state index contributed by atoms with van der Waals surface area (Å²) in [5.74, 6) is 0. The third-order valence-corrected chi connectivity index (χ3v) is 7.04. The van der Waals surface area contributed by atoms with Gasteiger partial charge in [-0.25, -0.2) is 8.42 Å². The van der Waals surface area contributed by atoms with Crippen LogP contribution in [0, 0.1) is 0 Å².